The van der Waals surface area contributed by atoms with Crippen LogP contribution in [0.3, 0.4) is 0 Å². The van der Waals surface area contributed by atoms with Crippen LogP contribution in [0.15, 0.2) is 42.1 Å². The molecule has 0 saturated carbocycles. The van der Waals surface area contributed by atoms with E-state index in [1.807, 2.05) is 0 Å². The van der Waals surface area contributed by atoms with Crippen molar-refractivity contribution >= 4 is 23.7 Å². The summed E-state index contributed by atoms with van der Waals surface area (Å²) >= 11 is 0. The van der Waals surface area contributed by atoms with Crippen molar-refractivity contribution in [2.75, 3.05) is 5.32 Å². The molecule has 0 saturated heterocycles. The van der Waals surface area contributed by atoms with Gasteiger partial charge in [0.2, 0.25) is 0 Å². The maximum atomic E-state index is 12.0. The van der Waals surface area contributed by atoms with E-state index in [0.717, 1.165) is 0 Å². The molecule has 104 valence electrons. The number of alkyl halides is 3. The van der Waals surface area contributed by atoms with Crippen molar-refractivity contribution in [2.24, 2.45) is 0 Å². The van der Waals surface area contributed by atoms with Gasteiger partial charge in [0.05, 0.1) is 5.57 Å². The lowest BCUT2D eigenvalue weighted by Gasteiger charge is -2.05. The number of ether oxygens (including phenoxy) is 1. The third-order valence-electron chi connectivity index (χ3n) is 2.43. The summed E-state index contributed by atoms with van der Waals surface area (Å²) in [6, 6.07) is 6.84. The molecule has 0 bridgehead atoms. The Morgan fingerprint density at radius 1 is 1.15 bits per heavy atom. The third kappa shape index (κ3) is 3.05. The third-order valence-corrected chi connectivity index (χ3v) is 2.43. The van der Waals surface area contributed by atoms with Crippen molar-refractivity contribution in [2.45, 2.75) is 6.18 Å². The highest BCUT2D eigenvalue weighted by molar-refractivity contribution is 6.03. The van der Waals surface area contributed by atoms with Gasteiger partial charge in [-0.1, -0.05) is 18.2 Å². The van der Waals surface area contributed by atoms with Crippen LogP contribution in [0.5, 0.6) is 0 Å². The lowest BCUT2D eigenvalue weighted by molar-refractivity contribution is -0.200. The summed E-state index contributed by atoms with van der Waals surface area (Å²) in [5.41, 5.74) is 1.10. The second kappa shape index (κ2) is 5.20. The van der Waals surface area contributed by atoms with Gasteiger partial charge < -0.3 is 10.1 Å². The van der Waals surface area contributed by atoms with E-state index in [0.29, 0.717) is 11.3 Å². The molecule has 0 atom stereocenters. The number of hydrogen-bond acceptors (Lipinski definition) is 4. The summed E-state index contributed by atoms with van der Waals surface area (Å²) in [4.78, 5) is 22.1. The highest BCUT2D eigenvalue weighted by atomic mass is 19.4. The first-order valence-electron chi connectivity index (χ1n) is 5.45. The molecule has 4 nitrogen and oxygen atoms in total. The predicted molar refractivity (Wildman–Crippen MR) is 64.3 cm³/mol. The molecule has 7 heteroatoms. The van der Waals surface area contributed by atoms with Crippen LogP contribution >= 0.6 is 0 Å². The summed E-state index contributed by atoms with van der Waals surface area (Å²) in [5.74, 6) is -3.90. The molecule has 0 unspecified atom stereocenters. The van der Waals surface area contributed by atoms with Gasteiger partial charge in [-0.25, -0.2) is 9.59 Å². The Hall–Kier alpha value is -2.57. The second-order valence-corrected chi connectivity index (χ2v) is 3.84. The van der Waals surface area contributed by atoms with E-state index in [9.17, 15) is 22.8 Å². The molecule has 1 aromatic carbocycles. The quantitative estimate of drug-likeness (QED) is 0.636. The molecule has 0 amide bonds. The van der Waals surface area contributed by atoms with Crippen molar-refractivity contribution in [3.8, 4) is 0 Å². The lowest BCUT2D eigenvalue weighted by Crippen LogP contribution is -2.28. The number of esters is 2. The molecule has 2 rings (SSSR count). The van der Waals surface area contributed by atoms with Crippen LogP contribution in [0.2, 0.25) is 0 Å². The maximum Gasteiger partial charge on any atom is 0.491 e. The summed E-state index contributed by atoms with van der Waals surface area (Å²) in [7, 11) is 0. The first-order chi connectivity index (χ1) is 9.38. The molecule has 0 radical (unpaired) electrons. The van der Waals surface area contributed by atoms with Crippen LogP contribution in [-0.4, -0.2) is 18.1 Å². The molecule has 0 aliphatic carbocycles. The Labute approximate surface area is 111 Å². The predicted octanol–water partition coefficient (Wildman–Crippen LogP) is 2.64. The van der Waals surface area contributed by atoms with Gasteiger partial charge in [-0.15, -0.1) is 0 Å². The van der Waals surface area contributed by atoms with Gasteiger partial charge in [-0.05, 0) is 23.8 Å². The number of carbonyl (C=O) groups is 2. The highest BCUT2D eigenvalue weighted by Crippen LogP contribution is 2.23. The van der Waals surface area contributed by atoms with Gasteiger partial charge >= 0.3 is 18.1 Å². The number of carbonyl (C=O) groups excluding carboxylic acids is 2. The first kappa shape index (κ1) is 13.9. The Morgan fingerprint density at radius 3 is 2.55 bits per heavy atom. The fraction of sp³-hybridized carbons (Fsp3) is 0.0769. The molecule has 0 spiro atoms. The van der Waals surface area contributed by atoms with Crippen LogP contribution in [0.4, 0.5) is 18.9 Å². The van der Waals surface area contributed by atoms with Crippen molar-refractivity contribution in [3.63, 3.8) is 0 Å². The van der Waals surface area contributed by atoms with Crippen LogP contribution in [-0.2, 0) is 14.3 Å². The number of rotatable bonds is 1. The van der Waals surface area contributed by atoms with Gasteiger partial charge in [0, 0.05) is 11.9 Å². The average Bonchev–Trinajstić information content (AvgIpc) is 2.59. The Kier molecular flexibility index (Phi) is 3.60. The molecule has 0 fully saturated rings. The number of para-hydroxylation sites is 1. The largest absolute Gasteiger partial charge is 0.491 e. The zero-order valence-electron chi connectivity index (χ0n) is 9.90. The monoisotopic (exact) mass is 283 g/mol. The number of halogens is 3. The van der Waals surface area contributed by atoms with Crippen molar-refractivity contribution in [1.29, 1.82) is 0 Å². The summed E-state index contributed by atoms with van der Waals surface area (Å²) in [6.07, 6.45) is -1.28. The smallest absolute Gasteiger partial charge is 0.383 e. The lowest BCUT2D eigenvalue weighted by atomic mass is 10.1. The van der Waals surface area contributed by atoms with E-state index < -0.39 is 18.1 Å². The Balaban J connectivity index is 2.23. The fourth-order valence-electron chi connectivity index (χ4n) is 1.52. The second-order valence-electron chi connectivity index (χ2n) is 3.84. The molecule has 0 aromatic heterocycles. The van der Waals surface area contributed by atoms with E-state index in [2.05, 4.69) is 10.1 Å². The van der Waals surface area contributed by atoms with Crippen molar-refractivity contribution in [3.05, 3.63) is 47.7 Å². The molecule has 1 aromatic rings. The Bertz CT molecular complexity index is 618. The SMILES string of the molecule is O=C(OC(=O)C(F)(F)F)C1=Cc2ccccc2NC=C1. The van der Waals surface area contributed by atoms with E-state index in [1.54, 1.807) is 24.3 Å². The minimum Gasteiger partial charge on any atom is -0.383 e. The van der Waals surface area contributed by atoms with E-state index in [1.165, 1.54) is 18.4 Å². The fourth-order valence-corrected chi connectivity index (χ4v) is 1.52. The number of fused-ring (bicyclic) bond motifs is 1. The van der Waals surface area contributed by atoms with E-state index in [4.69, 9.17) is 0 Å². The van der Waals surface area contributed by atoms with Crippen LogP contribution in [0, 0.1) is 0 Å². The summed E-state index contributed by atoms with van der Waals surface area (Å²) < 4.78 is 39.8. The molecular weight excluding hydrogens is 275 g/mol. The first-order valence-corrected chi connectivity index (χ1v) is 5.45. The van der Waals surface area contributed by atoms with Crippen LogP contribution in [0.1, 0.15) is 5.56 Å². The number of hydrogen-bond donors (Lipinski definition) is 1. The number of anilines is 1. The highest BCUT2D eigenvalue weighted by Gasteiger charge is 2.42. The minimum atomic E-state index is -5.21. The Morgan fingerprint density at radius 2 is 1.85 bits per heavy atom. The topological polar surface area (TPSA) is 55.4 Å². The maximum absolute atomic E-state index is 12.0. The zero-order valence-corrected chi connectivity index (χ0v) is 9.90. The molecule has 1 N–H and O–H groups in total. The van der Waals surface area contributed by atoms with Gasteiger partial charge in [0.25, 0.3) is 0 Å². The van der Waals surface area contributed by atoms with Gasteiger partial charge in [0.1, 0.15) is 0 Å². The van der Waals surface area contributed by atoms with E-state index >= 15 is 0 Å². The van der Waals surface area contributed by atoms with Gasteiger partial charge in [-0.2, -0.15) is 13.2 Å². The van der Waals surface area contributed by atoms with Crippen LogP contribution in [0.25, 0.3) is 6.08 Å². The van der Waals surface area contributed by atoms with Crippen molar-refractivity contribution in [1.82, 2.24) is 0 Å². The molecule has 1 heterocycles. The normalized spacial score (nSPS) is 13.7. The number of benzene rings is 1. The summed E-state index contributed by atoms with van der Waals surface area (Å²) in [6.45, 7) is 0. The van der Waals surface area contributed by atoms with Crippen molar-refractivity contribution < 1.29 is 27.5 Å². The summed E-state index contributed by atoms with van der Waals surface area (Å²) in [5, 5.41) is 2.85. The van der Waals surface area contributed by atoms with E-state index in [-0.39, 0.29) is 5.57 Å². The number of nitrogens with one attached hydrogen (secondary N) is 1. The minimum absolute atomic E-state index is 0.167. The van der Waals surface area contributed by atoms with Gasteiger partial charge in [0.15, 0.2) is 0 Å². The average molecular weight is 283 g/mol. The zero-order chi connectivity index (χ0) is 14.8. The van der Waals surface area contributed by atoms with Gasteiger partial charge in [-0.3, -0.25) is 0 Å². The molecule has 1 aliphatic rings. The molecule has 1 aliphatic heterocycles. The van der Waals surface area contributed by atoms with Crippen LogP contribution < -0.4 is 5.32 Å². The molecule has 20 heavy (non-hydrogen) atoms. The molecular formula is C13H8F3NO3. The standard InChI is InChI=1S/C13H8F3NO3/c14-13(15,16)12(19)20-11(18)9-5-6-17-10-4-2-1-3-8(10)7-9/h1-7,17H.